The molecule has 0 radical (unpaired) electrons. The minimum absolute atomic E-state index is 0.499. The van der Waals surface area contributed by atoms with Crippen molar-refractivity contribution in [2.24, 2.45) is 5.92 Å². The molecule has 2 N–H and O–H groups in total. The summed E-state index contributed by atoms with van der Waals surface area (Å²) in [5, 5.41) is 4.15. The molecule has 1 aromatic carbocycles. The molecule has 4 heteroatoms. The molecule has 0 amide bonds. The molecule has 20 heavy (non-hydrogen) atoms. The molecule has 4 nitrogen and oxygen atoms in total. The van der Waals surface area contributed by atoms with E-state index in [2.05, 4.69) is 17.1 Å². The second-order valence-corrected chi connectivity index (χ2v) is 5.90. The molecule has 2 unspecified atom stereocenters. The molecular formula is C16H21N3O. The lowest BCUT2D eigenvalue weighted by Crippen LogP contribution is -1.97. The zero-order chi connectivity index (χ0) is 13.9. The molecule has 0 saturated heterocycles. The Morgan fingerprint density at radius 3 is 2.70 bits per heavy atom. The van der Waals surface area contributed by atoms with Gasteiger partial charge in [-0.1, -0.05) is 24.2 Å². The van der Waals surface area contributed by atoms with E-state index in [1.165, 1.54) is 24.8 Å². The molecule has 0 aliphatic heterocycles. The highest BCUT2D eigenvalue weighted by Gasteiger charge is 2.26. The maximum atomic E-state index is 5.68. The summed E-state index contributed by atoms with van der Waals surface area (Å²) in [6, 6.07) is 7.94. The van der Waals surface area contributed by atoms with E-state index >= 15 is 0 Å². The van der Waals surface area contributed by atoms with Gasteiger partial charge in [0.05, 0.1) is 0 Å². The fourth-order valence-electron chi connectivity index (χ4n) is 2.91. The first-order chi connectivity index (χ1) is 9.70. The van der Waals surface area contributed by atoms with Crippen molar-refractivity contribution in [3.05, 3.63) is 41.5 Å². The van der Waals surface area contributed by atoms with Crippen LogP contribution in [-0.4, -0.2) is 10.1 Å². The molecule has 1 aliphatic rings. The average molecular weight is 271 g/mol. The Balaban J connectivity index is 1.58. The van der Waals surface area contributed by atoms with Gasteiger partial charge in [0, 0.05) is 18.0 Å². The quantitative estimate of drug-likeness (QED) is 0.866. The smallest absolute Gasteiger partial charge is 0.226 e. The second-order valence-electron chi connectivity index (χ2n) is 5.90. The number of benzene rings is 1. The number of hydrogen-bond acceptors (Lipinski definition) is 4. The maximum absolute atomic E-state index is 5.68. The monoisotopic (exact) mass is 271 g/mol. The summed E-state index contributed by atoms with van der Waals surface area (Å²) in [6.45, 7) is 2.29. The highest BCUT2D eigenvalue weighted by atomic mass is 16.5. The minimum Gasteiger partial charge on any atom is -0.399 e. The summed E-state index contributed by atoms with van der Waals surface area (Å²) < 4.78 is 5.37. The van der Waals surface area contributed by atoms with Gasteiger partial charge >= 0.3 is 0 Å². The lowest BCUT2D eigenvalue weighted by atomic mass is 10.1. The topological polar surface area (TPSA) is 64.9 Å². The summed E-state index contributed by atoms with van der Waals surface area (Å²) in [4.78, 5) is 4.56. The average Bonchev–Trinajstić information content (AvgIpc) is 3.07. The van der Waals surface area contributed by atoms with E-state index in [1.54, 1.807) is 0 Å². The normalized spacial score (nSPS) is 22.2. The number of nitrogens with two attached hydrogens (primary N) is 1. The summed E-state index contributed by atoms with van der Waals surface area (Å²) in [5.74, 6) is 2.94. The van der Waals surface area contributed by atoms with Crippen molar-refractivity contribution in [2.75, 3.05) is 5.73 Å². The SMILES string of the molecule is CC1CCC(c2noc(CCc3ccc(N)cc3)n2)C1. The summed E-state index contributed by atoms with van der Waals surface area (Å²) in [5.41, 5.74) is 7.72. The standard InChI is InChI=1S/C16H21N3O/c1-11-2-6-13(10-11)16-18-15(20-19-16)9-5-12-3-7-14(17)8-4-12/h3-4,7-8,11,13H,2,5-6,9-10,17H2,1H3. The van der Waals surface area contributed by atoms with Crippen LogP contribution >= 0.6 is 0 Å². The predicted molar refractivity (Wildman–Crippen MR) is 78.3 cm³/mol. The van der Waals surface area contributed by atoms with Crippen LogP contribution in [-0.2, 0) is 12.8 Å². The Bertz CT molecular complexity index is 561. The van der Waals surface area contributed by atoms with Crippen molar-refractivity contribution >= 4 is 5.69 Å². The third-order valence-electron chi connectivity index (χ3n) is 4.15. The maximum Gasteiger partial charge on any atom is 0.226 e. The minimum atomic E-state index is 0.499. The Morgan fingerprint density at radius 1 is 1.20 bits per heavy atom. The number of rotatable bonds is 4. The number of hydrogen-bond donors (Lipinski definition) is 1. The van der Waals surface area contributed by atoms with Crippen LogP contribution in [0.5, 0.6) is 0 Å². The molecule has 106 valence electrons. The lowest BCUT2D eigenvalue weighted by molar-refractivity contribution is 0.369. The molecule has 3 rings (SSSR count). The summed E-state index contributed by atoms with van der Waals surface area (Å²) >= 11 is 0. The summed E-state index contributed by atoms with van der Waals surface area (Å²) in [7, 11) is 0. The van der Waals surface area contributed by atoms with E-state index in [4.69, 9.17) is 10.3 Å². The summed E-state index contributed by atoms with van der Waals surface area (Å²) in [6.07, 6.45) is 5.36. The third-order valence-corrected chi connectivity index (χ3v) is 4.15. The van der Waals surface area contributed by atoms with Crippen LogP contribution in [0.25, 0.3) is 0 Å². The first-order valence-electron chi connectivity index (χ1n) is 7.37. The number of nitrogens with zero attached hydrogens (tertiary/aromatic N) is 2. The van der Waals surface area contributed by atoms with Gasteiger partial charge in [0.2, 0.25) is 5.89 Å². The first kappa shape index (κ1) is 13.2. The van der Waals surface area contributed by atoms with Crippen molar-refractivity contribution in [3.63, 3.8) is 0 Å². The zero-order valence-electron chi connectivity index (χ0n) is 11.9. The van der Waals surface area contributed by atoms with Crippen molar-refractivity contribution in [2.45, 2.75) is 44.9 Å². The molecule has 1 aromatic heterocycles. The van der Waals surface area contributed by atoms with Gasteiger partial charge in [0.25, 0.3) is 0 Å². The Kier molecular flexibility index (Phi) is 3.72. The molecule has 1 fully saturated rings. The van der Waals surface area contributed by atoms with Crippen LogP contribution in [0.3, 0.4) is 0 Å². The predicted octanol–water partition coefficient (Wildman–Crippen LogP) is 3.34. The Labute approximate surface area is 119 Å². The van der Waals surface area contributed by atoms with Gasteiger partial charge in [0.15, 0.2) is 5.82 Å². The molecule has 2 aromatic rings. The molecule has 0 bridgehead atoms. The third kappa shape index (κ3) is 3.00. The molecule has 1 saturated carbocycles. The Morgan fingerprint density at radius 2 is 2.00 bits per heavy atom. The van der Waals surface area contributed by atoms with Gasteiger partial charge in [-0.2, -0.15) is 4.98 Å². The van der Waals surface area contributed by atoms with Gasteiger partial charge in [0.1, 0.15) is 0 Å². The van der Waals surface area contributed by atoms with Crippen LogP contribution in [0, 0.1) is 5.92 Å². The highest BCUT2D eigenvalue weighted by molar-refractivity contribution is 5.39. The van der Waals surface area contributed by atoms with Crippen LogP contribution in [0.4, 0.5) is 5.69 Å². The number of nitrogen functional groups attached to an aromatic ring is 1. The van der Waals surface area contributed by atoms with Crippen molar-refractivity contribution in [1.82, 2.24) is 10.1 Å². The molecule has 2 atom stereocenters. The first-order valence-corrected chi connectivity index (χ1v) is 7.37. The van der Waals surface area contributed by atoms with Gasteiger partial charge in [-0.3, -0.25) is 0 Å². The zero-order valence-corrected chi connectivity index (χ0v) is 11.9. The van der Waals surface area contributed by atoms with E-state index in [0.717, 1.165) is 36.2 Å². The number of anilines is 1. The van der Waals surface area contributed by atoms with Crippen LogP contribution in [0.2, 0.25) is 0 Å². The van der Waals surface area contributed by atoms with Crippen molar-refractivity contribution in [3.8, 4) is 0 Å². The van der Waals surface area contributed by atoms with Crippen molar-refractivity contribution in [1.29, 1.82) is 0 Å². The van der Waals surface area contributed by atoms with Crippen LogP contribution in [0.1, 0.15) is 49.4 Å². The Hall–Kier alpha value is -1.84. The fraction of sp³-hybridized carbons (Fsp3) is 0.500. The van der Waals surface area contributed by atoms with Crippen molar-refractivity contribution < 1.29 is 4.52 Å². The van der Waals surface area contributed by atoms with Gasteiger partial charge in [-0.15, -0.1) is 0 Å². The lowest BCUT2D eigenvalue weighted by Gasteiger charge is -2.01. The molecule has 1 heterocycles. The fourth-order valence-corrected chi connectivity index (χ4v) is 2.91. The largest absolute Gasteiger partial charge is 0.399 e. The molecule has 1 aliphatic carbocycles. The second kappa shape index (κ2) is 5.65. The highest BCUT2D eigenvalue weighted by Crippen LogP contribution is 2.36. The van der Waals surface area contributed by atoms with Gasteiger partial charge in [-0.05, 0) is 49.3 Å². The van der Waals surface area contributed by atoms with Gasteiger partial charge < -0.3 is 10.3 Å². The van der Waals surface area contributed by atoms with E-state index < -0.39 is 0 Å². The van der Waals surface area contributed by atoms with E-state index in [0.29, 0.717) is 5.92 Å². The van der Waals surface area contributed by atoms with E-state index in [9.17, 15) is 0 Å². The van der Waals surface area contributed by atoms with E-state index in [1.807, 2.05) is 24.3 Å². The van der Waals surface area contributed by atoms with Gasteiger partial charge in [-0.25, -0.2) is 0 Å². The van der Waals surface area contributed by atoms with Crippen LogP contribution < -0.4 is 5.73 Å². The van der Waals surface area contributed by atoms with E-state index in [-0.39, 0.29) is 0 Å². The molecular weight excluding hydrogens is 250 g/mol. The number of aryl methyl sites for hydroxylation is 2. The van der Waals surface area contributed by atoms with Crippen LogP contribution in [0.15, 0.2) is 28.8 Å². The number of aromatic nitrogens is 2. The molecule has 0 spiro atoms.